The zero-order chi connectivity index (χ0) is 17.1. The minimum absolute atomic E-state index is 0.131. The maximum absolute atomic E-state index is 12.4. The smallest absolute Gasteiger partial charge is 0.255 e. The summed E-state index contributed by atoms with van der Waals surface area (Å²) in [4.78, 5) is 13.8. The van der Waals surface area contributed by atoms with Gasteiger partial charge in [0.1, 0.15) is 18.4 Å². The lowest BCUT2D eigenvalue weighted by Crippen LogP contribution is -2.33. The molecule has 1 aliphatic rings. The average Bonchev–Trinajstić information content (AvgIpc) is 2.84. The van der Waals surface area contributed by atoms with Gasteiger partial charge in [0.25, 0.3) is 5.91 Å². The summed E-state index contributed by atoms with van der Waals surface area (Å²) >= 11 is 0. The van der Waals surface area contributed by atoms with Crippen LogP contribution in [-0.4, -0.2) is 28.6 Å². The highest BCUT2D eigenvalue weighted by molar-refractivity contribution is 5.99. The summed E-state index contributed by atoms with van der Waals surface area (Å²) in [6.07, 6.45) is -0.687. The number of β-amino-alcohol motifs (C(OH)–C–C–N with tert-alkyl or cyclic N) is 1. The van der Waals surface area contributed by atoms with Gasteiger partial charge in [0, 0.05) is 17.7 Å². The van der Waals surface area contributed by atoms with E-state index in [1.807, 2.05) is 30.3 Å². The predicted octanol–water partition coefficient (Wildman–Crippen LogP) is 2.67. The molecule has 0 fully saturated rings. The lowest BCUT2D eigenvalue weighted by atomic mass is 10.1. The number of ether oxygens (including phenoxy) is 1. The fraction of sp³-hybridized carbons (Fsp3) is 0.263. The Balaban J connectivity index is 1.81. The van der Waals surface area contributed by atoms with Gasteiger partial charge >= 0.3 is 0 Å². The Labute approximate surface area is 140 Å². The Morgan fingerprint density at radius 1 is 1.29 bits per heavy atom. The summed E-state index contributed by atoms with van der Waals surface area (Å²) in [6.45, 7) is 2.15. The number of aliphatic hydroxyl groups excluding tert-OH is 1. The van der Waals surface area contributed by atoms with E-state index in [1.165, 1.54) is 4.90 Å². The lowest BCUT2D eigenvalue weighted by Gasteiger charge is -2.21. The first-order valence-electron chi connectivity index (χ1n) is 7.79. The number of carbonyl (C=O) groups is 1. The van der Waals surface area contributed by atoms with Gasteiger partial charge < -0.3 is 14.7 Å². The first-order valence-corrected chi connectivity index (χ1v) is 7.79. The zero-order valence-corrected chi connectivity index (χ0v) is 13.3. The number of hydrogen-bond acceptors (Lipinski definition) is 4. The van der Waals surface area contributed by atoms with Crippen LogP contribution in [0.1, 0.15) is 34.5 Å². The number of carbonyl (C=O) groups excluding carboxylic acids is 1. The van der Waals surface area contributed by atoms with E-state index in [4.69, 9.17) is 4.74 Å². The normalized spacial score (nSPS) is 17.3. The Bertz CT molecular complexity index is 781. The molecule has 1 aliphatic heterocycles. The van der Waals surface area contributed by atoms with Gasteiger partial charge in [0.05, 0.1) is 12.2 Å². The third-order valence-corrected chi connectivity index (χ3v) is 3.95. The van der Waals surface area contributed by atoms with E-state index in [2.05, 4.69) is 6.07 Å². The number of nitriles is 1. The van der Waals surface area contributed by atoms with Crippen molar-refractivity contribution in [2.45, 2.75) is 25.7 Å². The minimum Gasteiger partial charge on any atom is -0.489 e. The second kappa shape index (κ2) is 6.73. The Kier molecular flexibility index (Phi) is 4.50. The van der Waals surface area contributed by atoms with Crippen molar-refractivity contribution >= 4 is 5.91 Å². The van der Waals surface area contributed by atoms with Gasteiger partial charge in [-0.1, -0.05) is 30.3 Å². The summed E-state index contributed by atoms with van der Waals surface area (Å²) < 4.78 is 5.77. The highest BCUT2D eigenvalue weighted by atomic mass is 16.5. The van der Waals surface area contributed by atoms with Crippen molar-refractivity contribution in [1.29, 1.82) is 5.26 Å². The maximum atomic E-state index is 12.4. The van der Waals surface area contributed by atoms with Crippen LogP contribution in [0.3, 0.4) is 0 Å². The highest BCUT2D eigenvalue weighted by Gasteiger charge is 2.37. The van der Waals surface area contributed by atoms with Crippen molar-refractivity contribution < 1.29 is 14.6 Å². The third-order valence-electron chi connectivity index (χ3n) is 3.95. The van der Waals surface area contributed by atoms with Crippen LogP contribution >= 0.6 is 0 Å². The van der Waals surface area contributed by atoms with Gasteiger partial charge in [-0.15, -0.1) is 0 Å². The summed E-state index contributed by atoms with van der Waals surface area (Å²) in [6, 6.07) is 16.4. The van der Waals surface area contributed by atoms with Crippen LogP contribution in [0, 0.1) is 11.3 Å². The molecule has 2 aromatic carbocycles. The molecule has 0 radical (unpaired) electrons. The molecule has 0 aliphatic carbocycles. The van der Waals surface area contributed by atoms with Gasteiger partial charge in [-0.2, -0.15) is 5.26 Å². The molecule has 3 rings (SSSR count). The monoisotopic (exact) mass is 322 g/mol. The van der Waals surface area contributed by atoms with Gasteiger partial charge in [-0.05, 0) is 30.7 Å². The molecule has 0 spiro atoms. The Morgan fingerprint density at radius 2 is 2.04 bits per heavy atom. The molecule has 0 saturated heterocycles. The van der Waals surface area contributed by atoms with E-state index in [1.54, 1.807) is 25.1 Å². The molecule has 2 unspecified atom stereocenters. The SMILES string of the molecule is CC(O)CN1C(=O)c2ccc(OCc3ccccc3)cc2C1C#N. The number of aliphatic hydroxyl groups is 1. The quantitative estimate of drug-likeness (QED) is 0.918. The zero-order valence-electron chi connectivity index (χ0n) is 13.3. The standard InChI is InChI=1S/C19H18N2O3/c1-13(22)11-21-18(10-20)17-9-15(7-8-16(17)19(21)23)24-12-14-5-3-2-4-6-14/h2-9,13,18,22H,11-12H2,1H3. The highest BCUT2D eigenvalue weighted by Crippen LogP contribution is 2.35. The van der Waals surface area contributed by atoms with Crippen LogP contribution in [0.4, 0.5) is 0 Å². The first-order chi connectivity index (χ1) is 11.6. The summed E-state index contributed by atoms with van der Waals surface area (Å²) in [7, 11) is 0. The number of amides is 1. The average molecular weight is 322 g/mol. The largest absolute Gasteiger partial charge is 0.489 e. The fourth-order valence-corrected chi connectivity index (χ4v) is 2.84. The van der Waals surface area contributed by atoms with E-state index >= 15 is 0 Å². The van der Waals surface area contributed by atoms with Crippen LogP contribution in [0.15, 0.2) is 48.5 Å². The predicted molar refractivity (Wildman–Crippen MR) is 88.3 cm³/mol. The molecule has 2 atom stereocenters. The van der Waals surface area contributed by atoms with E-state index in [-0.39, 0.29) is 12.5 Å². The first kappa shape index (κ1) is 16.0. The van der Waals surface area contributed by atoms with Crippen molar-refractivity contribution in [3.8, 4) is 11.8 Å². The summed E-state index contributed by atoms with van der Waals surface area (Å²) in [5, 5.41) is 19.0. The molecular formula is C19H18N2O3. The van der Waals surface area contributed by atoms with Crippen LogP contribution in [0.2, 0.25) is 0 Å². The van der Waals surface area contributed by atoms with Crippen molar-refractivity contribution in [3.63, 3.8) is 0 Å². The molecule has 5 nitrogen and oxygen atoms in total. The van der Waals surface area contributed by atoms with Crippen molar-refractivity contribution in [2.75, 3.05) is 6.54 Å². The minimum atomic E-state index is -0.692. The van der Waals surface area contributed by atoms with Crippen LogP contribution in [0.25, 0.3) is 0 Å². The van der Waals surface area contributed by atoms with Crippen LogP contribution in [0.5, 0.6) is 5.75 Å². The number of benzene rings is 2. The van der Waals surface area contributed by atoms with E-state index in [9.17, 15) is 15.2 Å². The molecule has 1 heterocycles. The molecule has 24 heavy (non-hydrogen) atoms. The number of rotatable bonds is 5. The number of nitrogens with zero attached hydrogens (tertiary/aromatic N) is 2. The van der Waals surface area contributed by atoms with Crippen molar-refractivity contribution in [3.05, 3.63) is 65.2 Å². The molecule has 0 bridgehead atoms. The number of fused-ring (bicyclic) bond motifs is 1. The maximum Gasteiger partial charge on any atom is 0.255 e. The topological polar surface area (TPSA) is 73.6 Å². The second-order valence-corrected chi connectivity index (χ2v) is 5.86. The fourth-order valence-electron chi connectivity index (χ4n) is 2.84. The van der Waals surface area contributed by atoms with Crippen molar-refractivity contribution in [2.24, 2.45) is 0 Å². The molecule has 1 amide bonds. The van der Waals surface area contributed by atoms with Crippen LogP contribution < -0.4 is 4.74 Å². The summed E-state index contributed by atoms with van der Waals surface area (Å²) in [5.41, 5.74) is 2.17. The molecule has 122 valence electrons. The van der Waals surface area contributed by atoms with Gasteiger partial charge in [0.2, 0.25) is 0 Å². The second-order valence-electron chi connectivity index (χ2n) is 5.86. The Hall–Kier alpha value is -2.84. The third kappa shape index (κ3) is 3.10. The van der Waals surface area contributed by atoms with Gasteiger partial charge in [-0.25, -0.2) is 0 Å². The van der Waals surface area contributed by atoms with E-state index in [0.29, 0.717) is 23.5 Å². The van der Waals surface area contributed by atoms with Gasteiger partial charge in [0.15, 0.2) is 0 Å². The molecular weight excluding hydrogens is 304 g/mol. The van der Waals surface area contributed by atoms with Crippen molar-refractivity contribution in [1.82, 2.24) is 4.90 Å². The van der Waals surface area contributed by atoms with Gasteiger partial charge in [-0.3, -0.25) is 4.79 Å². The molecule has 5 heteroatoms. The lowest BCUT2D eigenvalue weighted by molar-refractivity contribution is 0.0641. The number of hydrogen-bond donors (Lipinski definition) is 1. The molecule has 0 saturated carbocycles. The Morgan fingerprint density at radius 3 is 2.71 bits per heavy atom. The summed E-state index contributed by atoms with van der Waals surface area (Å²) in [5.74, 6) is 0.386. The molecule has 1 N–H and O–H groups in total. The van der Waals surface area contributed by atoms with E-state index < -0.39 is 12.1 Å². The molecule has 0 aromatic heterocycles. The molecule has 2 aromatic rings. The van der Waals surface area contributed by atoms with Crippen LogP contribution in [-0.2, 0) is 6.61 Å². The van der Waals surface area contributed by atoms with E-state index in [0.717, 1.165) is 5.56 Å².